The van der Waals surface area contributed by atoms with E-state index in [1.165, 1.54) is 12.1 Å². The van der Waals surface area contributed by atoms with E-state index in [0.717, 1.165) is 30.7 Å². The molecule has 0 spiro atoms. The number of hydrogen-bond donors (Lipinski definition) is 1. The van der Waals surface area contributed by atoms with Crippen molar-refractivity contribution in [3.63, 3.8) is 0 Å². The maximum Gasteiger partial charge on any atom is 0.416 e. The van der Waals surface area contributed by atoms with Gasteiger partial charge < -0.3 is 5.32 Å². The van der Waals surface area contributed by atoms with Crippen LogP contribution in [-0.2, 0) is 6.18 Å². The minimum atomic E-state index is -4.26. The van der Waals surface area contributed by atoms with Crippen molar-refractivity contribution in [3.8, 4) is 0 Å². The molecule has 1 aliphatic carbocycles. The lowest BCUT2D eigenvalue weighted by molar-refractivity contribution is -0.137. The zero-order chi connectivity index (χ0) is 14.3. The van der Waals surface area contributed by atoms with Crippen molar-refractivity contribution in [1.29, 1.82) is 0 Å². The molecule has 0 aliphatic heterocycles. The lowest BCUT2D eigenvalue weighted by Gasteiger charge is -2.20. The average Bonchev–Trinajstić information content (AvgIpc) is 2.51. The number of halogens is 3. The summed E-state index contributed by atoms with van der Waals surface area (Å²) in [5.41, 5.74) is 0.476. The van der Waals surface area contributed by atoms with Crippen molar-refractivity contribution in [1.82, 2.24) is 0 Å². The first-order valence-corrected chi connectivity index (χ1v) is 6.61. The van der Waals surface area contributed by atoms with Gasteiger partial charge in [0.1, 0.15) is 0 Å². The van der Waals surface area contributed by atoms with E-state index >= 15 is 0 Å². The summed E-state index contributed by atoms with van der Waals surface area (Å²) in [5, 5.41) is 3.36. The summed E-state index contributed by atoms with van der Waals surface area (Å²) in [7, 11) is 0. The number of rotatable bonds is 2. The van der Waals surface area contributed by atoms with Crippen molar-refractivity contribution in [2.45, 2.75) is 45.8 Å². The second-order valence-corrected chi connectivity index (χ2v) is 6.38. The van der Waals surface area contributed by atoms with Gasteiger partial charge in [-0.05, 0) is 48.4 Å². The highest BCUT2D eigenvalue weighted by molar-refractivity contribution is 5.46. The third-order valence-electron chi connectivity index (χ3n) is 3.90. The summed E-state index contributed by atoms with van der Waals surface area (Å²) >= 11 is 0. The van der Waals surface area contributed by atoms with Crippen molar-refractivity contribution in [2.75, 3.05) is 5.32 Å². The molecule has 106 valence electrons. The Morgan fingerprint density at radius 2 is 1.68 bits per heavy atom. The Balaban J connectivity index is 2.05. The van der Waals surface area contributed by atoms with Crippen molar-refractivity contribution in [2.24, 2.45) is 11.3 Å². The lowest BCUT2D eigenvalue weighted by atomic mass is 9.91. The molecular weight excluding hydrogens is 251 g/mol. The molecule has 4 heteroatoms. The summed E-state index contributed by atoms with van der Waals surface area (Å²) in [6.45, 7) is 6.66. The topological polar surface area (TPSA) is 12.0 Å². The monoisotopic (exact) mass is 271 g/mol. The van der Waals surface area contributed by atoms with E-state index in [0.29, 0.717) is 17.4 Å². The Bertz CT molecular complexity index is 434. The van der Waals surface area contributed by atoms with E-state index in [-0.39, 0.29) is 0 Å². The third kappa shape index (κ3) is 3.43. The van der Waals surface area contributed by atoms with Crippen molar-refractivity contribution < 1.29 is 13.2 Å². The van der Waals surface area contributed by atoms with Crippen LogP contribution in [0.15, 0.2) is 24.3 Å². The number of benzene rings is 1. The van der Waals surface area contributed by atoms with Gasteiger partial charge in [0.15, 0.2) is 0 Å². The standard InChI is InChI=1S/C15H20F3N/c1-10-8-14(2,3)9-13(10)19-12-6-4-11(5-7-12)15(16,17)18/h4-7,10,13,19H,8-9H2,1-3H3. The number of hydrogen-bond acceptors (Lipinski definition) is 1. The van der Waals surface area contributed by atoms with Crippen LogP contribution in [0.5, 0.6) is 0 Å². The molecule has 2 atom stereocenters. The Hall–Kier alpha value is -1.19. The third-order valence-corrected chi connectivity index (χ3v) is 3.90. The predicted molar refractivity (Wildman–Crippen MR) is 71.0 cm³/mol. The number of alkyl halides is 3. The van der Waals surface area contributed by atoms with E-state index in [4.69, 9.17) is 0 Å². The maximum absolute atomic E-state index is 12.5. The van der Waals surface area contributed by atoms with Gasteiger partial charge in [-0.3, -0.25) is 0 Å². The van der Waals surface area contributed by atoms with Gasteiger partial charge in [0, 0.05) is 11.7 Å². The molecule has 1 aromatic rings. The van der Waals surface area contributed by atoms with Crippen LogP contribution in [0.25, 0.3) is 0 Å². The molecule has 1 nitrogen and oxygen atoms in total. The van der Waals surface area contributed by atoms with Gasteiger partial charge in [-0.15, -0.1) is 0 Å². The van der Waals surface area contributed by atoms with Gasteiger partial charge in [-0.2, -0.15) is 13.2 Å². The molecule has 0 aromatic heterocycles. The molecule has 0 bridgehead atoms. The Morgan fingerprint density at radius 3 is 2.11 bits per heavy atom. The summed E-state index contributed by atoms with van der Waals surface area (Å²) < 4.78 is 37.4. The largest absolute Gasteiger partial charge is 0.416 e. The fourth-order valence-corrected chi connectivity index (χ4v) is 3.06. The van der Waals surface area contributed by atoms with Crippen LogP contribution >= 0.6 is 0 Å². The highest BCUT2D eigenvalue weighted by Crippen LogP contribution is 2.42. The molecule has 1 saturated carbocycles. The molecule has 2 unspecified atom stereocenters. The normalized spacial score (nSPS) is 26.4. The van der Waals surface area contributed by atoms with Crippen molar-refractivity contribution in [3.05, 3.63) is 29.8 Å². The van der Waals surface area contributed by atoms with E-state index in [1.807, 2.05) is 0 Å². The quantitative estimate of drug-likeness (QED) is 0.803. The SMILES string of the molecule is CC1CC(C)(C)CC1Nc1ccc(C(F)(F)F)cc1. The first-order chi connectivity index (χ1) is 8.67. The summed E-state index contributed by atoms with van der Waals surface area (Å²) in [6, 6.07) is 5.63. The van der Waals surface area contributed by atoms with Crippen molar-refractivity contribution >= 4 is 5.69 Å². The number of anilines is 1. The van der Waals surface area contributed by atoms with Gasteiger partial charge in [0.05, 0.1) is 5.56 Å². The Morgan fingerprint density at radius 1 is 1.11 bits per heavy atom. The van der Waals surface area contributed by atoms with Crippen LogP contribution in [-0.4, -0.2) is 6.04 Å². The molecule has 1 N–H and O–H groups in total. The van der Waals surface area contributed by atoms with E-state index in [9.17, 15) is 13.2 Å². The maximum atomic E-state index is 12.5. The van der Waals surface area contributed by atoms with Gasteiger partial charge >= 0.3 is 6.18 Å². The summed E-state index contributed by atoms with van der Waals surface area (Å²) in [6.07, 6.45) is -2.07. The first kappa shape index (κ1) is 14.2. The Labute approximate surface area is 112 Å². The first-order valence-electron chi connectivity index (χ1n) is 6.61. The van der Waals surface area contributed by atoms with Crippen LogP contribution in [0, 0.1) is 11.3 Å². The van der Waals surface area contributed by atoms with Gasteiger partial charge in [0.25, 0.3) is 0 Å². The molecule has 1 aromatic carbocycles. The Kier molecular flexibility index (Phi) is 3.54. The molecule has 0 heterocycles. The molecule has 0 amide bonds. The van der Waals surface area contributed by atoms with Crippen LogP contribution < -0.4 is 5.32 Å². The smallest absolute Gasteiger partial charge is 0.382 e. The number of nitrogens with one attached hydrogen (secondary N) is 1. The zero-order valence-corrected chi connectivity index (χ0v) is 11.5. The highest BCUT2D eigenvalue weighted by Gasteiger charge is 2.36. The zero-order valence-electron chi connectivity index (χ0n) is 11.5. The second-order valence-electron chi connectivity index (χ2n) is 6.38. The molecule has 1 fully saturated rings. The van der Waals surface area contributed by atoms with E-state index < -0.39 is 11.7 Å². The van der Waals surface area contributed by atoms with E-state index in [1.54, 1.807) is 0 Å². The fraction of sp³-hybridized carbons (Fsp3) is 0.600. The van der Waals surface area contributed by atoms with E-state index in [2.05, 4.69) is 26.1 Å². The second kappa shape index (κ2) is 4.73. The average molecular weight is 271 g/mol. The van der Waals surface area contributed by atoms with Crippen LogP contribution in [0.3, 0.4) is 0 Å². The molecule has 1 aliphatic rings. The van der Waals surface area contributed by atoms with Crippen LogP contribution in [0.2, 0.25) is 0 Å². The van der Waals surface area contributed by atoms with Crippen LogP contribution in [0.1, 0.15) is 39.2 Å². The van der Waals surface area contributed by atoms with Gasteiger partial charge in [-0.25, -0.2) is 0 Å². The predicted octanol–water partition coefficient (Wildman–Crippen LogP) is 4.94. The molecule has 19 heavy (non-hydrogen) atoms. The van der Waals surface area contributed by atoms with Crippen LogP contribution in [0.4, 0.5) is 18.9 Å². The molecular formula is C15H20F3N. The molecule has 2 rings (SSSR count). The minimum Gasteiger partial charge on any atom is -0.382 e. The highest BCUT2D eigenvalue weighted by atomic mass is 19.4. The summed E-state index contributed by atoms with van der Waals surface area (Å²) in [4.78, 5) is 0. The molecule has 0 saturated heterocycles. The fourth-order valence-electron chi connectivity index (χ4n) is 3.06. The lowest BCUT2D eigenvalue weighted by Crippen LogP contribution is -2.22. The molecule has 0 radical (unpaired) electrons. The minimum absolute atomic E-state index is 0.309. The van der Waals surface area contributed by atoms with Gasteiger partial charge in [-0.1, -0.05) is 20.8 Å². The summed E-state index contributed by atoms with van der Waals surface area (Å²) in [5.74, 6) is 0.539. The van der Waals surface area contributed by atoms with Gasteiger partial charge in [0.2, 0.25) is 0 Å².